The average molecular weight is 354 g/mol. The highest BCUT2D eigenvalue weighted by Gasteiger charge is 2.57. The molecular weight excluding hydrogens is 330 g/mol. The van der Waals surface area contributed by atoms with Crippen molar-refractivity contribution in [2.75, 3.05) is 25.0 Å². The molecular formula is C17H24ClN3O3. The van der Waals surface area contributed by atoms with Crippen molar-refractivity contribution in [1.82, 2.24) is 5.32 Å². The number of halogens is 1. The standard InChI is InChI=1S/C17H23N3O3.ClH/c18-15(21)5-10-23-14-4-2-1-3-13(14)20-16(22)12-11-17(12)6-8-19-9-7-17;/h1-4,12,19H,5-11H2,(H2,18,21)(H,20,22);1H. The van der Waals surface area contributed by atoms with Crippen LogP contribution in [0.15, 0.2) is 24.3 Å². The fraction of sp³-hybridized carbons (Fsp3) is 0.529. The molecule has 4 N–H and O–H groups in total. The Kier molecular flexibility index (Phi) is 6.07. The molecule has 1 unspecified atom stereocenters. The van der Waals surface area contributed by atoms with Crippen LogP contribution in [-0.2, 0) is 9.59 Å². The highest BCUT2D eigenvalue weighted by molar-refractivity contribution is 5.96. The molecule has 0 bridgehead atoms. The topological polar surface area (TPSA) is 93.5 Å². The van der Waals surface area contributed by atoms with E-state index in [-0.39, 0.29) is 42.7 Å². The maximum atomic E-state index is 12.5. The maximum Gasteiger partial charge on any atom is 0.228 e. The summed E-state index contributed by atoms with van der Waals surface area (Å²) in [5.74, 6) is 0.334. The first-order valence-corrected chi connectivity index (χ1v) is 8.12. The van der Waals surface area contributed by atoms with Gasteiger partial charge in [0.25, 0.3) is 0 Å². The lowest BCUT2D eigenvalue weighted by molar-refractivity contribution is -0.119. The number of ether oxygens (including phenoxy) is 1. The number of hydrogen-bond donors (Lipinski definition) is 3. The van der Waals surface area contributed by atoms with Gasteiger partial charge >= 0.3 is 0 Å². The van der Waals surface area contributed by atoms with E-state index in [0.717, 1.165) is 32.4 Å². The van der Waals surface area contributed by atoms with Crippen LogP contribution in [0.4, 0.5) is 5.69 Å². The van der Waals surface area contributed by atoms with E-state index in [4.69, 9.17) is 10.5 Å². The lowest BCUT2D eigenvalue weighted by Gasteiger charge is -2.23. The lowest BCUT2D eigenvalue weighted by Crippen LogP contribution is -2.31. The van der Waals surface area contributed by atoms with Crippen LogP contribution in [0.2, 0.25) is 0 Å². The predicted molar refractivity (Wildman–Crippen MR) is 94.3 cm³/mol. The van der Waals surface area contributed by atoms with Gasteiger partial charge in [0, 0.05) is 5.92 Å². The molecule has 3 rings (SSSR count). The number of nitrogens with two attached hydrogens (primary N) is 1. The van der Waals surface area contributed by atoms with Crippen molar-refractivity contribution in [2.45, 2.75) is 25.7 Å². The third-order valence-electron chi connectivity index (χ3n) is 4.86. The number of amides is 2. The molecule has 2 fully saturated rings. The second-order valence-electron chi connectivity index (χ2n) is 6.42. The Morgan fingerprint density at radius 2 is 2.00 bits per heavy atom. The van der Waals surface area contributed by atoms with Crippen molar-refractivity contribution in [3.05, 3.63) is 24.3 Å². The zero-order chi connectivity index (χ0) is 16.3. The Hall–Kier alpha value is -1.79. The molecule has 1 saturated carbocycles. The second kappa shape index (κ2) is 7.85. The van der Waals surface area contributed by atoms with Crippen LogP contribution in [-0.4, -0.2) is 31.5 Å². The molecule has 0 aromatic heterocycles. The summed E-state index contributed by atoms with van der Waals surface area (Å²) in [6.45, 7) is 2.20. The molecule has 6 nitrogen and oxygen atoms in total. The van der Waals surface area contributed by atoms with Crippen LogP contribution < -0.4 is 21.1 Å². The Balaban J connectivity index is 0.00000208. The summed E-state index contributed by atoms with van der Waals surface area (Å²) in [6.07, 6.45) is 3.27. The molecule has 1 aliphatic heterocycles. The van der Waals surface area contributed by atoms with Gasteiger partial charge < -0.3 is 21.1 Å². The fourth-order valence-corrected chi connectivity index (χ4v) is 3.37. The highest BCUT2D eigenvalue weighted by Crippen LogP contribution is 2.58. The molecule has 2 amide bonds. The van der Waals surface area contributed by atoms with Crippen LogP contribution >= 0.6 is 12.4 Å². The van der Waals surface area contributed by atoms with Crippen LogP contribution in [0.1, 0.15) is 25.7 Å². The molecule has 1 saturated heterocycles. The minimum absolute atomic E-state index is 0. The first-order chi connectivity index (χ1) is 11.1. The van der Waals surface area contributed by atoms with Crippen molar-refractivity contribution in [1.29, 1.82) is 0 Å². The maximum absolute atomic E-state index is 12.5. The number of nitrogens with one attached hydrogen (secondary N) is 2. The Morgan fingerprint density at radius 1 is 1.29 bits per heavy atom. The number of carbonyl (C=O) groups is 2. The number of carbonyl (C=O) groups excluding carboxylic acids is 2. The van der Waals surface area contributed by atoms with Gasteiger partial charge in [-0.2, -0.15) is 0 Å². The summed E-state index contributed by atoms with van der Waals surface area (Å²) in [7, 11) is 0. The lowest BCUT2D eigenvalue weighted by atomic mass is 9.92. The van der Waals surface area contributed by atoms with Gasteiger partial charge in [-0.15, -0.1) is 12.4 Å². The molecule has 132 valence electrons. The highest BCUT2D eigenvalue weighted by atomic mass is 35.5. The van der Waals surface area contributed by atoms with Gasteiger partial charge in [-0.1, -0.05) is 12.1 Å². The summed E-state index contributed by atoms with van der Waals surface area (Å²) in [5.41, 5.74) is 5.97. The van der Waals surface area contributed by atoms with Crippen molar-refractivity contribution < 1.29 is 14.3 Å². The molecule has 0 radical (unpaired) electrons. The number of benzene rings is 1. The monoisotopic (exact) mass is 353 g/mol. The van der Waals surface area contributed by atoms with Crippen molar-refractivity contribution in [3.63, 3.8) is 0 Å². The zero-order valence-electron chi connectivity index (χ0n) is 13.5. The summed E-state index contributed by atoms with van der Waals surface area (Å²) >= 11 is 0. The summed E-state index contributed by atoms with van der Waals surface area (Å²) in [6, 6.07) is 7.28. The van der Waals surface area contributed by atoms with E-state index >= 15 is 0 Å². The van der Waals surface area contributed by atoms with E-state index in [1.807, 2.05) is 18.2 Å². The van der Waals surface area contributed by atoms with Crippen LogP contribution in [0.5, 0.6) is 5.75 Å². The number of piperidine rings is 1. The molecule has 1 aliphatic carbocycles. The smallest absolute Gasteiger partial charge is 0.228 e. The SMILES string of the molecule is Cl.NC(=O)CCOc1ccccc1NC(=O)C1CC12CCNCC2. The summed E-state index contributed by atoms with van der Waals surface area (Å²) in [4.78, 5) is 23.3. The van der Waals surface area contributed by atoms with E-state index in [1.54, 1.807) is 6.07 Å². The molecule has 1 atom stereocenters. The van der Waals surface area contributed by atoms with Gasteiger partial charge in [-0.3, -0.25) is 9.59 Å². The minimum Gasteiger partial charge on any atom is -0.491 e. The van der Waals surface area contributed by atoms with Crippen LogP contribution in [0.3, 0.4) is 0 Å². The van der Waals surface area contributed by atoms with E-state index in [9.17, 15) is 9.59 Å². The largest absolute Gasteiger partial charge is 0.491 e. The second-order valence-corrected chi connectivity index (χ2v) is 6.42. The third kappa shape index (κ3) is 4.19. The van der Waals surface area contributed by atoms with Crippen LogP contribution in [0, 0.1) is 11.3 Å². The van der Waals surface area contributed by atoms with E-state index < -0.39 is 5.91 Å². The minimum atomic E-state index is -0.405. The number of para-hydroxylation sites is 2. The third-order valence-corrected chi connectivity index (χ3v) is 4.86. The number of primary amides is 1. The van der Waals surface area contributed by atoms with E-state index in [2.05, 4.69) is 10.6 Å². The molecule has 7 heteroatoms. The van der Waals surface area contributed by atoms with Crippen molar-refractivity contribution >= 4 is 29.9 Å². The van der Waals surface area contributed by atoms with E-state index in [1.165, 1.54) is 0 Å². The van der Waals surface area contributed by atoms with Gasteiger partial charge in [0.15, 0.2) is 0 Å². The van der Waals surface area contributed by atoms with Crippen molar-refractivity contribution in [3.8, 4) is 5.75 Å². The van der Waals surface area contributed by atoms with Gasteiger partial charge in [0.05, 0.1) is 18.7 Å². The molecule has 1 heterocycles. The average Bonchev–Trinajstić information content (AvgIpc) is 3.22. The number of anilines is 1. The Labute approximate surface area is 147 Å². The predicted octanol–water partition coefficient (Wildman–Crippen LogP) is 1.69. The van der Waals surface area contributed by atoms with Gasteiger partial charge in [0.2, 0.25) is 11.8 Å². The molecule has 24 heavy (non-hydrogen) atoms. The van der Waals surface area contributed by atoms with E-state index in [0.29, 0.717) is 11.4 Å². The summed E-state index contributed by atoms with van der Waals surface area (Å²) < 4.78 is 5.56. The van der Waals surface area contributed by atoms with Crippen molar-refractivity contribution in [2.24, 2.45) is 17.1 Å². The van der Waals surface area contributed by atoms with Gasteiger partial charge in [-0.05, 0) is 49.9 Å². The fourth-order valence-electron chi connectivity index (χ4n) is 3.37. The first kappa shape index (κ1) is 18.5. The molecule has 1 aromatic carbocycles. The summed E-state index contributed by atoms with van der Waals surface area (Å²) in [5, 5.41) is 6.32. The molecule has 1 aromatic rings. The van der Waals surface area contributed by atoms with Gasteiger partial charge in [0.1, 0.15) is 5.75 Å². The van der Waals surface area contributed by atoms with Crippen LogP contribution in [0.25, 0.3) is 0 Å². The normalized spacial score (nSPS) is 20.8. The first-order valence-electron chi connectivity index (χ1n) is 8.12. The Bertz CT molecular complexity index is 602. The molecule has 1 spiro atoms. The number of rotatable bonds is 6. The number of hydrogen-bond acceptors (Lipinski definition) is 4. The van der Waals surface area contributed by atoms with Gasteiger partial charge in [-0.25, -0.2) is 0 Å². The Morgan fingerprint density at radius 3 is 2.71 bits per heavy atom. The molecule has 2 aliphatic rings. The zero-order valence-corrected chi connectivity index (χ0v) is 14.4. The quantitative estimate of drug-likeness (QED) is 0.725.